The van der Waals surface area contributed by atoms with Crippen LogP contribution in [0.3, 0.4) is 0 Å². The fourth-order valence-electron chi connectivity index (χ4n) is 4.48. The molecule has 0 aliphatic carbocycles. The fourth-order valence-corrected chi connectivity index (χ4v) is 4.96. The molecule has 0 aromatic heterocycles. The number of Topliss-reactive ketones (excluding diaryl/α,β-unsaturated/α-hetero) is 1. The van der Waals surface area contributed by atoms with Gasteiger partial charge < -0.3 is 19.5 Å². The highest BCUT2D eigenvalue weighted by atomic mass is 32.2. The number of rotatable bonds is 10. The van der Waals surface area contributed by atoms with Gasteiger partial charge in [-0.05, 0) is 76.9 Å². The lowest BCUT2D eigenvalue weighted by Gasteiger charge is -2.20. The molecule has 4 aromatic carbocycles. The smallest absolute Gasteiger partial charge is 0.294 e. The number of ketones is 1. The van der Waals surface area contributed by atoms with Gasteiger partial charge in [0, 0.05) is 18.5 Å². The Kier molecular flexibility index (Phi) is 7.22. The van der Waals surface area contributed by atoms with Crippen LogP contribution in [0.15, 0.2) is 83.8 Å². The summed E-state index contributed by atoms with van der Waals surface area (Å²) in [7, 11) is -2.66. The first-order chi connectivity index (χ1) is 18.3. The first-order valence-electron chi connectivity index (χ1n) is 12.1. The van der Waals surface area contributed by atoms with Gasteiger partial charge in [0.1, 0.15) is 11.5 Å². The molecule has 5 rings (SSSR count). The number of hydrogen-bond acceptors (Lipinski definition) is 7. The molecular formula is C29H27NO7S. The maximum atomic E-state index is 13.1. The minimum atomic E-state index is -4.30. The number of fused-ring (bicyclic) bond motifs is 2. The third kappa shape index (κ3) is 5.90. The van der Waals surface area contributed by atoms with Crippen molar-refractivity contribution in [2.24, 2.45) is 0 Å². The average Bonchev–Trinajstić information content (AvgIpc) is 3.39. The molecule has 8 nitrogen and oxygen atoms in total. The van der Waals surface area contributed by atoms with E-state index in [2.05, 4.69) is 11.4 Å². The van der Waals surface area contributed by atoms with E-state index in [1.807, 2.05) is 48.5 Å². The Labute approximate surface area is 220 Å². The molecule has 38 heavy (non-hydrogen) atoms. The van der Waals surface area contributed by atoms with Crippen LogP contribution in [0.4, 0.5) is 5.69 Å². The summed E-state index contributed by atoms with van der Waals surface area (Å²) in [5.74, 6) is 2.13. The third-order valence-corrected chi connectivity index (χ3v) is 7.40. The van der Waals surface area contributed by atoms with Crippen molar-refractivity contribution < 1.29 is 32.0 Å². The maximum Gasteiger partial charge on any atom is 0.294 e. The van der Waals surface area contributed by atoms with Gasteiger partial charge in [0.25, 0.3) is 10.1 Å². The Morgan fingerprint density at radius 1 is 0.947 bits per heavy atom. The summed E-state index contributed by atoms with van der Waals surface area (Å²) in [6.45, 7) is 0.144. The SMILES string of the molecule is COc1ccc2cc(CCC(=O)CC(Nc3ccc(S(=O)(=O)O)cc3)c3ccc4c(c3)OCO4)ccc2c1. The highest BCUT2D eigenvalue weighted by molar-refractivity contribution is 7.85. The first-order valence-corrected chi connectivity index (χ1v) is 13.5. The predicted octanol–water partition coefficient (Wildman–Crippen LogP) is 5.57. The second-order valence-electron chi connectivity index (χ2n) is 9.10. The maximum absolute atomic E-state index is 13.1. The second kappa shape index (κ2) is 10.7. The molecule has 1 aliphatic rings. The summed E-state index contributed by atoms with van der Waals surface area (Å²) >= 11 is 0. The number of aryl methyl sites for hydroxylation is 1. The van der Waals surface area contributed by atoms with Crippen molar-refractivity contribution in [1.29, 1.82) is 0 Å². The van der Waals surface area contributed by atoms with Gasteiger partial charge in [-0.25, -0.2) is 0 Å². The van der Waals surface area contributed by atoms with E-state index in [1.165, 1.54) is 12.1 Å². The van der Waals surface area contributed by atoms with E-state index in [9.17, 15) is 17.8 Å². The van der Waals surface area contributed by atoms with Crippen molar-refractivity contribution in [3.63, 3.8) is 0 Å². The quantitative estimate of drug-likeness (QED) is 0.255. The van der Waals surface area contributed by atoms with Crippen molar-refractivity contribution >= 4 is 32.4 Å². The van der Waals surface area contributed by atoms with E-state index in [4.69, 9.17) is 14.2 Å². The lowest BCUT2D eigenvalue weighted by Crippen LogP contribution is -2.16. The molecule has 1 atom stereocenters. The minimum Gasteiger partial charge on any atom is -0.497 e. The fraction of sp³-hybridized carbons (Fsp3) is 0.207. The number of nitrogens with one attached hydrogen (secondary N) is 1. The van der Waals surface area contributed by atoms with E-state index < -0.39 is 16.2 Å². The van der Waals surface area contributed by atoms with Crippen LogP contribution < -0.4 is 19.5 Å². The molecule has 0 spiro atoms. The van der Waals surface area contributed by atoms with Gasteiger partial charge in [-0.15, -0.1) is 0 Å². The standard InChI is InChI=1S/C29H27NO7S/c1-35-25-10-5-20-14-19(2-4-21(20)15-25)3-9-24(31)17-27(22-6-13-28-29(16-22)37-18-36-28)30-23-7-11-26(12-8-23)38(32,33)34/h2,4-8,10-16,27,30H,3,9,17-18H2,1H3,(H,32,33,34). The van der Waals surface area contributed by atoms with Crippen LogP contribution in [0.25, 0.3) is 10.8 Å². The molecule has 0 fully saturated rings. The molecule has 2 N–H and O–H groups in total. The molecule has 0 saturated carbocycles. The number of methoxy groups -OCH3 is 1. The zero-order valence-electron chi connectivity index (χ0n) is 20.7. The topological polar surface area (TPSA) is 111 Å². The van der Waals surface area contributed by atoms with Gasteiger partial charge in [-0.3, -0.25) is 9.35 Å². The van der Waals surface area contributed by atoms with Crippen molar-refractivity contribution in [3.05, 3.63) is 90.0 Å². The Hall–Kier alpha value is -4.08. The van der Waals surface area contributed by atoms with Crippen LogP contribution in [-0.4, -0.2) is 32.7 Å². The van der Waals surface area contributed by atoms with Gasteiger partial charge in [0.05, 0.1) is 18.0 Å². The highest BCUT2D eigenvalue weighted by Crippen LogP contribution is 2.36. The number of carbonyl (C=O) groups excluding carboxylic acids is 1. The zero-order chi connectivity index (χ0) is 26.7. The third-order valence-electron chi connectivity index (χ3n) is 6.53. The molecule has 1 heterocycles. The average molecular weight is 534 g/mol. The van der Waals surface area contributed by atoms with Crippen LogP contribution in [-0.2, 0) is 21.3 Å². The molecule has 0 bridgehead atoms. The largest absolute Gasteiger partial charge is 0.497 e. The van der Waals surface area contributed by atoms with Crippen LogP contribution in [0, 0.1) is 0 Å². The number of anilines is 1. The van der Waals surface area contributed by atoms with Gasteiger partial charge in [-0.2, -0.15) is 8.42 Å². The summed E-state index contributed by atoms with van der Waals surface area (Å²) in [5, 5.41) is 5.49. The van der Waals surface area contributed by atoms with E-state index in [0.29, 0.717) is 30.0 Å². The van der Waals surface area contributed by atoms with Gasteiger partial charge in [0.15, 0.2) is 11.5 Å². The number of benzene rings is 4. The molecule has 1 unspecified atom stereocenters. The van der Waals surface area contributed by atoms with E-state index >= 15 is 0 Å². The molecule has 0 radical (unpaired) electrons. The predicted molar refractivity (Wildman–Crippen MR) is 144 cm³/mol. The van der Waals surface area contributed by atoms with Crippen molar-refractivity contribution in [2.75, 3.05) is 19.2 Å². The molecule has 0 saturated heterocycles. The Bertz CT molecular complexity index is 1580. The Balaban J connectivity index is 1.31. The Morgan fingerprint density at radius 3 is 2.45 bits per heavy atom. The number of carbonyl (C=O) groups is 1. The lowest BCUT2D eigenvalue weighted by molar-refractivity contribution is -0.119. The van der Waals surface area contributed by atoms with Gasteiger partial charge in [0.2, 0.25) is 6.79 Å². The zero-order valence-corrected chi connectivity index (χ0v) is 21.5. The van der Waals surface area contributed by atoms with Crippen molar-refractivity contribution in [2.45, 2.75) is 30.2 Å². The van der Waals surface area contributed by atoms with Crippen LogP contribution in [0.1, 0.15) is 30.0 Å². The molecule has 1 aliphatic heterocycles. The van der Waals surface area contributed by atoms with E-state index in [-0.39, 0.29) is 23.9 Å². The molecule has 0 amide bonds. The summed E-state index contributed by atoms with van der Waals surface area (Å²) in [4.78, 5) is 12.9. The molecule has 196 valence electrons. The summed E-state index contributed by atoms with van der Waals surface area (Å²) in [5.41, 5.74) is 2.52. The normalized spacial score (nSPS) is 13.3. The van der Waals surface area contributed by atoms with Crippen LogP contribution in [0.2, 0.25) is 0 Å². The molecule has 4 aromatic rings. The summed E-state index contributed by atoms with van der Waals surface area (Å²) < 4.78 is 48.3. The Morgan fingerprint density at radius 2 is 1.68 bits per heavy atom. The van der Waals surface area contributed by atoms with Crippen LogP contribution >= 0.6 is 0 Å². The second-order valence-corrected chi connectivity index (χ2v) is 10.5. The summed E-state index contributed by atoms with van der Waals surface area (Å²) in [6.07, 6.45) is 1.19. The first kappa shape index (κ1) is 25.6. The van der Waals surface area contributed by atoms with Crippen molar-refractivity contribution in [3.8, 4) is 17.2 Å². The molecular weight excluding hydrogens is 506 g/mol. The van der Waals surface area contributed by atoms with Crippen LogP contribution in [0.5, 0.6) is 17.2 Å². The lowest BCUT2D eigenvalue weighted by atomic mass is 9.96. The minimum absolute atomic E-state index is 0.0737. The monoisotopic (exact) mass is 533 g/mol. The van der Waals surface area contributed by atoms with E-state index in [0.717, 1.165) is 27.6 Å². The van der Waals surface area contributed by atoms with Crippen molar-refractivity contribution in [1.82, 2.24) is 0 Å². The van der Waals surface area contributed by atoms with Gasteiger partial charge >= 0.3 is 0 Å². The number of hydrogen-bond donors (Lipinski definition) is 2. The number of ether oxygens (including phenoxy) is 3. The van der Waals surface area contributed by atoms with E-state index in [1.54, 1.807) is 19.2 Å². The highest BCUT2D eigenvalue weighted by Gasteiger charge is 2.21. The summed E-state index contributed by atoms with van der Waals surface area (Å²) in [6, 6.07) is 22.9. The van der Waals surface area contributed by atoms with Gasteiger partial charge in [-0.1, -0.05) is 30.3 Å². The molecule has 9 heteroatoms.